The van der Waals surface area contributed by atoms with E-state index in [0.29, 0.717) is 0 Å². The molecule has 0 aliphatic carbocycles. The summed E-state index contributed by atoms with van der Waals surface area (Å²) in [5, 5.41) is 0.829. The van der Waals surface area contributed by atoms with Crippen LogP contribution in [0.15, 0.2) is 17.0 Å². The van der Waals surface area contributed by atoms with E-state index in [2.05, 4.69) is 60.6 Å². The average molecular weight is 365 g/mol. The molecular formula is C11H15Br2N3O. The van der Waals surface area contributed by atoms with Crippen LogP contribution in [-0.2, 0) is 4.74 Å². The lowest BCUT2D eigenvalue weighted by atomic mass is 10.1. The van der Waals surface area contributed by atoms with Crippen molar-refractivity contribution in [3.8, 4) is 0 Å². The fourth-order valence-electron chi connectivity index (χ4n) is 2.08. The Hall–Kier alpha value is -0.200. The smallest absolute Gasteiger partial charge is 0.146 e. The topological polar surface area (TPSA) is 38.2 Å². The molecule has 0 aromatic carbocycles. The Bertz CT molecular complexity index is 400. The summed E-state index contributed by atoms with van der Waals surface area (Å²) in [6, 6.07) is 0. The highest BCUT2D eigenvalue weighted by Crippen LogP contribution is 2.29. The number of hydrogen-bond acceptors (Lipinski definition) is 4. The van der Waals surface area contributed by atoms with E-state index in [0.717, 1.165) is 28.7 Å². The lowest BCUT2D eigenvalue weighted by molar-refractivity contribution is -0.0726. The fourth-order valence-corrected chi connectivity index (χ4v) is 2.88. The zero-order valence-corrected chi connectivity index (χ0v) is 13.0. The molecule has 2 rings (SSSR count). The molecule has 1 unspecified atom stereocenters. The number of hydrogen-bond donors (Lipinski definition) is 0. The first-order valence-corrected chi connectivity index (χ1v) is 7.37. The van der Waals surface area contributed by atoms with Crippen molar-refractivity contribution in [3.63, 3.8) is 0 Å². The van der Waals surface area contributed by atoms with Crippen molar-refractivity contribution in [1.29, 1.82) is 0 Å². The predicted molar refractivity (Wildman–Crippen MR) is 74.7 cm³/mol. The van der Waals surface area contributed by atoms with E-state index in [-0.39, 0.29) is 11.7 Å². The number of ether oxygens (including phenoxy) is 1. The van der Waals surface area contributed by atoms with Gasteiger partial charge in [-0.15, -0.1) is 0 Å². The SMILES string of the molecule is CC1(C)CN(c2ncncc2Br)CC(CBr)O1. The minimum atomic E-state index is -0.166. The molecule has 0 radical (unpaired) electrons. The maximum atomic E-state index is 5.97. The minimum absolute atomic E-state index is 0.166. The maximum Gasteiger partial charge on any atom is 0.146 e. The lowest BCUT2D eigenvalue weighted by Gasteiger charge is -2.43. The van der Waals surface area contributed by atoms with Gasteiger partial charge < -0.3 is 9.64 Å². The van der Waals surface area contributed by atoms with Crippen LogP contribution in [0.2, 0.25) is 0 Å². The summed E-state index contributed by atoms with van der Waals surface area (Å²) in [5.74, 6) is 0.933. The summed E-state index contributed by atoms with van der Waals surface area (Å²) in [4.78, 5) is 10.6. The molecule has 1 aromatic heterocycles. The van der Waals surface area contributed by atoms with Gasteiger partial charge in [-0.3, -0.25) is 0 Å². The Morgan fingerprint density at radius 1 is 1.59 bits per heavy atom. The molecule has 0 saturated carbocycles. The Morgan fingerprint density at radius 2 is 2.35 bits per heavy atom. The van der Waals surface area contributed by atoms with Crippen LogP contribution in [-0.4, -0.2) is 40.1 Å². The molecule has 0 bridgehead atoms. The molecule has 2 heterocycles. The summed E-state index contributed by atoms with van der Waals surface area (Å²) >= 11 is 6.98. The summed E-state index contributed by atoms with van der Waals surface area (Å²) < 4.78 is 6.89. The molecule has 0 N–H and O–H groups in total. The van der Waals surface area contributed by atoms with Gasteiger partial charge in [-0.2, -0.15) is 0 Å². The van der Waals surface area contributed by atoms with Gasteiger partial charge >= 0.3 is 0 Å². The van der Waals surface area contributed by atoms with Crippen molar-refractivity contribution >= 4 is 37.7 Å². The molecule has 1 aromatic rings. The van der Waals surface area contributed by atoms with Crippen molar-refractivity contribution in [2.45, 2.75) is 25.6 Å². The number of nitrogens with zero attached hydrogens (tertiary/aromatic N) is 3. The minimum Gasteiger partial charge on any atom is -0.368 e. The number of morpholine rings is 1. The lowest BCUT2D eigenvalue weighted by Crippen LogP contribution is -2.53. The molecule has 1 atom stereocenters. The number of halogens is 2. The van der Waals surface area contributed by atoms with Crippen LogP contribution in [0, 0.1) is 0 Å². The first kappa shape index (κ1) is 13.2. The zero-order valence-electron chi connectivity index (χ0n) is 9.86. The molecule has 1 fully saturated rings. The highest BCUT2D eigenvalue weighted by Gasteiger charge is 2.34. The van der Waals surface area contributed by atoms with E-state index in [1.165, 1.54) is 0 Å². The molecule has 4 nitrogen and oxygen atoms in total. The van der Waals surface area contributed by atoms with Crippen LogP contribution in [0.4, 0.5) is 5.82 Å². The number of rotatable bonds is 2. The van der Waals surface area contributed by atoms with Crippen molar-refractivity contribution in [3.05, 3.63) is 17.0 Å². The normalized spacial score (nSPS) is 23.8. The van der Waals surface area contributed by atoms with Gasteiger partial charge in [0.15, 0.2) is 0 Å². The Balaban J connectivity index is 2.24. The number of aromatic nitrogens is 2. The molecule has 94 valence electrons. The van der Waals surface area contributed by atoms with Crippen LogP contribution in [0.5, 0.6) is 0 Å². The summed E-state index contributed by atoms with van der Waals surface area (Å²) in [6.45, 7) is 5.87. The summed E-state index contributed by atoms with van der Waals surface area (Å²) in [6.07, 6.45) is 3.53. The highest BCUT2D eigenvalue weighted by atomic mass is 79.9. The number of anilines is 1. The quantitative estimate of drug-likeness (QED) is 0.756. The predicted octanol–water partition coefficient (Wildman–Crippen LogP) is 2.62. The van der Waals surface area contributed by atoms with E-state index in [1.54, 1.807) is 12.5 Å². The second kappa shape index (κ2) is 5.20. The van der Waals surface area contributed by atoms with Crippen LogP contribution < -0.4 is 4.90 Å². The Morgan fingerprint density at radius 3 is 3.00 bits per heavy atom. The fraction of sp³-hybridized carbons (Fsp3) is 0.636. The van der Waals surface area contributed by atoms with Crippen molar-refractivity contribution in [2.24, 2.45) is 0 Å². The third-order valence-corrected chi connectivity index (χ3v) is 3.88. The average Bonchev–Trinajstić information content (AvgIpc) is 2.27. The van der Waals surface area contributed by atoms with Crippen LogP contribution in [0.1, 0.15) is 13.8 Å². The van der Waals surface area contributed by atoms with Gasteiger partial charge in [0.05, 0.1) is 16.2 Å². The van der Waals surface area contributed by atoms with Gasteiger partial charge in [0, 0.05) is 24.6 Å². The molecule has 1 saturated heterocycles. The van der Waals surface area contributed by atoms with E-state index in [1.807, 2.05) is 0 Å². The summed E-state index contributed by atoms with van der Waals surface area (Å²) in [7, 11) is 0. The number of alkyl halides is 1. The van der Waals surface area contributed by atoms with Crippen LogP contribution in [0.3, 0.4) is 0 Å². The van der Waals surface area contributed by atoms with E-state index in [9.17, 15) is 0 Å². The van der Waals surface area contributed by atoms with Gasteiger partial charge in [-0.25, -0.2) is 9.97 Å². The highest BCUT2D eigenvalue weighted by molar-refractivity contribution is 9.10. The van der Waals surface area contributed by atoms with E-state index < -0.39 is 0 Å². The van der Waals surface area contributed by atoms with Crippen molar-refractivity contribution in [1.82, 2.24) is 9.97 Å². The van der Waals surface area contributed by atoms with Gasteiger partial charge in [-0.05, 0) is 29.8 Å². The second-order valence-corrected chi connectivity index (χ2v) is 6.23. The van der Waals surface area contributed by atoms with Crippen LogP contribution in [0.25, 0.3) is 0 Å². The molecule has 17 heavy (non-hydrogen) atoms. The molecule has 1 aliphatic heterocycles. The zero-order chi connectivity index (χ0) is 12.5. The monoisotopic (exact) mass is 363 g/mol. The largest absolute Gasteiger partial charge is 0.368 e. The van der Waals surface area contributed by atoms with Crippen molar-refractivity contribution in [2.75, 3.05) is 23.3 Å². The standard InChI is InChI=1S/C11H15Br2N3O/c1-11(2)6-16(5-8(3-12)17-11)10-9(13)4-14-7-15-10/h4,7-8H,3,5-6H2,1-2H3. The van der Waals surface area contributed by atoms with Gasteiger partial charge in [0.25, 0.3) is 0 Å². The van der Waals surface area contributed by atoms with Crippen molar-refractivity contribution < 1.29 is 4.74 Å². The van der Waals surface area contributed by atoms with Crippen LogP contribution >= 0.6 is 31.9 Å². The first-order valence-electron chi connectivity index (χ1n) is 5.46. The molecule has 0 spiro atoms. The van der Waals surface area contributed by atoms with Gasteiger partial charge in [0.1, 0.15) is 12.1 Å². The first-order chi connectivity index (χ1) is 8.02. The molecular weight excluding hydrogens is 350 g/mol. The Labute approximate surface area is 118 Å². The third kappa shape index (κ3) is 3.17. The third-order valence-electron chi connectivity index (χ3n) is 2.60. The van der Waals surface area contributed by atoms with Gasteiger partial charge in [0.2, 0.25) is 0 Å². The maximum absolute atomic E-state index is 5.97. The molecule has 6 heteroatoms. The molecule has 0 amide bonds. The molecule has 1 aliphatic rings. The Kier molecular flexibility index (Phi) is 4.05. The van der Waals surface area contributed by atoms with E-state index >= 15 is 0 Å². The van der Waals surface area contributed by atoms with Gasteiger partial charge in [-0.1, -0.05) is 15.9 Å². The van der Waals surface area contributed by atoms with E-state index in [4.69, 9.17) is 4.74 Å². The second-order valence-electron chi connectivity index (χ2n) is 4.73. The summed E-state index contributed by atoms with van der Waals surface area (Å²) in [5.41, 5.74) is -0.166.